The number of benzene rings is 1. The lowest BCUT2D eigenvalue weighted by Crippen LogP contribution is -2.35. The van der Waals surface area contributed by atoms with Crippen LogP contribution in [-0.4, -0.2) is 29.6 Å². The fraction of sp³-hybridized carbons (Fsp3) is 0.435. The molecule has 178 valence electrons. The van der Waals surface area contributed by atoms with E-state index in [1.807, 2.05) is 20.8 Å². The molecule has 1 fully saturated rings. The van der Waals surface area contributed by atoms with Crippen LogP contribution in [0, 0.1) is 17.0 Å². The van der Waals surface area contributed by atoms with Crippen molar-refractivity contribution in [2.45, 2.75) is 57.9 Å². The summed E-state index contributed by atoms with van der Waals surface area (Å²) in [5.74, 6) is -1.65. The minimum absolute atomic E-state index is 0.0665. The maximum absolute atomic E-state index is 14.3. The Balaban J connectivity index is 1.86. The van der Waals surface area contributed by atoms with Crippen LogP contribution < -0.4 is 4.72 Å². The highest BCUT2D eigenvalue weighted by Gasteiger charge is 2.40. The summed E-state index contributed by atoms with van der Waals surface area (Å²) in [4.78, 5) is 3.83. The van der Waals surface area contributed by atoms with Gasteiger partial charge in [0.15, 0.2) is 5.82 Å². The van der Waals surface area contributed by atoms with E-state index in [9.17, 15) is 26.0 Å². The molecule has 2 aromatic heterocycles. The molecule has 5 nitrogen and oxygen atoms in total. The van der Waals surface area contributed by atoms with Crippen molar-refractivity contribution >= 4 is 20.9 Å². The summed E-state index contributed by atoms with van der Waals surface area (Å²) in [6, 6.07) is 3.67. The van der Waals surface area contributed by atoms with Gasteiger partial charge in [-0.3, -0.25) is 4.98 Å². The number of hydrogen-bond donors (Lipinski definition) is 1. The standard InChI is InChI=1S/C23H25F4N3O2S/c1-23(2,3)12-30-11-17(21(22(26)27)29-33(31,32)15-5-6-15)16-7-4-13(8-19(16)30)20-18(25)9-14(24)10-28-20/h4,7-11,15,21-22,29H,5-6,12H2,1-3H3. The highest BCUT2D eigenvalue weighted by molar-refractivity contribution is 7.90. The number of sulfonamides is 1. The molecule has 1 saturated carbocycles. The predicted molar refractivity (Wildman–Crippen MR) is 118 cm³/mol. The third-order valence-corrected chi connectivity index (χ3v) is 7.41. The topological polar surface area (TPSA) is 64.0 Å². The van der Waals surface area contributed by atoms with Gasteiger partial charge < -0.3 is 4.57 Å². The number of hydrogen-bond acceptors (Lipinski definition) is 3. The molecule has 1 atom stereocenters. The van der Waals surface area contributed by atoms with E-state index in [2.05, 4.69) is 9.71 Å². The van der Waals surface area contributed by atoms with Gasteiger partial charge in [0.2, 0.25) is 10.0 Å². The SMILES string of the molecule is CC(C)(C)Cn1cc(C(NS(=O)(=O)C2CC2)C(F)F)c2ccc(-c3ncc(F)cc3F)cc21. The van der Waals surface area contributed by atoms with Crippen molar-refractivity contribution in [3.8, 4) is 11.3 Å². The third kappa shape index (κ3) is 5.06. The van der Waals surface area contributed by atoms with Gasteiger partial charge in [-0.2, -0.15) is 0 Å². The van der Waals surface area contributed by atoms with Crippen LogP contribution in [0.15, 0.2) is 36.7 Å². The van der Waals surface area contributed by atoms with Crippen LogP contribution in [0.25, 0.3) is 22.2 Å². The van der Waals surface area contributed by atoms with Gasteiger partial charge in [0.05, 0.1) is 11.4 Å². The van der Waals surface area contributed by atoms with Crippen LogP contribution in [0.3, 0.4) is 0 Å². The number of fused-ring (bicyclic) bond motifs is 1. The molecule has 0 saturated heterocycles. The largest absolute Gasteiger partial charge is 0.347 e. The van der Waals surface area contributed by atoms with Gasteiger partial charge in [0.25, 0.3) is 6.43 Å². The molecule has 1 aromatic carbocycles. The summed E-state index contributed by atoms with van der Waals surface area (Å²) in [5.41, 5.74) is 0.730. The Kier molecular flexibility index (Phi) is 6.03. The van der Waals surface area contributed by atoms with E-state index in [1.54, 1.807) is 16.7 Å². The van der Waals surface area contributed by atoms with Crippen LogP contribution >= 0.6 is 0 Å². The number of rotatable bonds is 7. The first kappa shape index (κ1) is 23.7. The van der Waals surface area contributed by atoms with Crippen LogP contribution in [-0.2, 0) is 16.6 Å². The summed E-state index contributed by atoms with van der Waals surface area (Å²) in [7, 11) is -3.87. The normalized spacial score (nSPS) is 16.0. The molecule has 3 aromatic rings. The highest BCUT2D eigenvalue weighted by Crippen LogP contribution is 2.37. The fourth-order valence-corrected chi connectivity index (χ4v) is 5.42. The van der Waals surface area contributed by atoms with E-state index in [1.165, 1.54) is 12.3 Å². The van der Waals surface area contributed by atoms with Crippen molar-refractivity contribution < 1.29 is 26.0 Å². The maximum Gasteiger partial charge on any atom is 0.258 e. The number of alkyl halides is 2. The van der Waals surface area contributed by atoms with Gasteiger partial charge in [0, 0.05) is 40.8 Å². The first-order chi connectivity index (χ1) is 15.4. The van der Waals surface area contributed by atoms with Gasteiger partial charge >= 0.3 is 0 Å². The summed E-state index contributed by atoms with van der Waals surface area (Å²) >= 11 is 0. The second kappa shape index (κ2) is 8.39. The van der Waals surface area contributed by atoms with Crippen molar-refractivity contribution in [3.63, 3.8) is 0 Å². The van der Waals surface area contributed by atoms with Crippen molar-refractivity contribution in [2.75, 3.05) is 0 Å². The molecular weight excluding hydrogens is 458 g/mol. The van der Waals surface area contributed by atoms with Crippen LogP contribution in [0.5, 0.6) is 0 Å². The van der Waals surface area contributed by atoms with E-state index in [4.69, 9.17) is 0 Å². The zero-order valence-electron chi connectivity index (χ0n) is 18.4. The highest BCUT2D eigenvalue weighted by atomic mass is 32.2. The minimum Gasteiger partial charge on any atom is -0.347 e. The Bertz CT molecular complexity index is 1300. The maximum atomic E-state index is 14.3. The second-order valence-electron chi connectivity index (χ2n) is 9.66. The van der Waals surface area contributed by atoms with E-state index in [0.717, 1.165) is 12.3 Å². The lowest BCUT2D eigenvalue weighted by Gasteiger charge is -2.20. The minimum atomic E-state index is -3.87. The quantitative estimate of drug-likeness (QED) is 0.457. The number of halogens is 4. The molecular formula is C23H25F4N3O2S. The molecule has 0 radical (unpaired) electrons. The smallest absolute Gasteiger partial charge is 0.258 e. The average molecular weight is 484 g/mol. The van der Waals surface area contributed by atoms with Gasteiger partial charge in [-0.1, -0.05) is 32.9 Å². The van der Waals surface area contributed by atoms with E-state index in [0.29, 0.717) is 35.9 Å². The van der Waals surface area contributed by atoms with Gasteiger partial charge in [0.1, 0.15) is 17.6 Å². The molecule has 33 heavy (non-hydrogen) atoms. The zero-order chi connectivity index (χ0) is 24.1. The monoisotopic (exact) mass is 483 g/mol. The number of nitrogens with one attached hydrogen (secondary N) is 1. The van der Waals surface area contributed by atoms with Gasteiger partial charge in [-0.25, -0.2) is 30.7 Å². The van der Waals surface area contributed by atoms with Crippen molar-refractivity contribution in [1.82, 2.24) is 14.3 Å². The molecule has 1 aliphatic carbocycles. The molecule has 1 aliphatic rings. The Hall–Kier alpha value is -2.46. The lowest BCUT2D eigenvalue weighted by molar-refractivity contribution is 0.109. The molecule has 10 heteroatoms. The Morgan fingerprint density at radius 1 is 1.18 bits per heavy atom. The van der Waals surface area contributed by atoms with Crippen molar-refractivity contribution in [2.24, 2.45) is 5.41 Å². The summed E-state index contributed by atoms with van der Waals surface area (Å²) in [6.45, 7) is 6.37. The number of pyridine rings is 1. The van der Waals surface area contributed by atoms with Crippen LogP contribution in [0.1, 0.15) is 45.2 Å². The zero-order valence-corrected chi connectivity index (χ0v) is 19.3. The van der Waals surface area contributed by atoms with Crippen molar-refractivity contribution in [3.05, 3.63) is 53.9 Å². The molecule has 1 unspecified atom stereocenters. The number of aromatic nitrogens is 2. The molecule has 4 rings (SSSR count). The van der Waals surface area contributed by atoms with Gasteiger partial charge in [-0.05, 0) is 24.3 Å². The first-order valence-electron chi connectivity index (χ1n) is 10.6. The molecule has 0 bridgehead atoms. The first-order valence-corrected chi connectivity index (χ1v) is 12.1. The fourth-order valence-electron chi connectivity index (χ4n) is 3.89. The third-order valence-electron chi connectivity index (χ3n) is 5.48. The molecule has 0 aliphatic heterocycles. The molecule has 2 heterocycles. The summed E-state index contributed by atoms with van der Waals surface area (Å²) < 4.78 is 84.6. The Morgan fingerprint density at radius 3 is 2.45 bits per heavy atom. The van der Waals surface area contributed by atoms with E-state index < -0.39 is 39.4 Å². The van der Waals surface area contributed by atoms with Crippen LogP contribution in [0.2, 0.25) is 0 Å². The van der Waals surface area contributed by atoms with Crippen LogP contribution in [0.4, 0.5) is 17.6 Å². The predicted octanol–water partition coefficient (Wildman–Crippen LogP) is 5.42. The van der Waals surface area contributed by atoms with Crippen molar-refractivity contribution in [1.29, 1.82) is 0 Å². The lowest BCUT2D eigenvalue weighted by atomic mass is 9.97. The summed E-state index contributed by atoms with van der Waals surface area (Å²) in [5, 5.41) is -0.213. The molecule has 0 spiro atoms. The second-order valence-corrected chi connectivity index (χ2v) is 11.7. The molecule has 0 amide bonds. The Labute approximate surface area is 189 Å². The van der Waals surface area contributed by atoms with E-state index >= 15 is 0 Å². The summed E-state index contributed by atoms with van der Waals surface area (Å²) in [6.07, 6.45) is 0.373. The van der Waals surface area contributed by atoms with Gasteiger partial charge in [-0.15, -0.1) is 0 Å². The average Bonchev–Trinajstić information content (AvgIpc) is 3.50. The Morgan fingerprint density at radius 2 is 1.88 bits per heavy atom. The molecule has 1 N–H and O–H groups in total. The number of nitrogens with zero attached hydrogens (tertiary/aromatic N) is 2. The van der Waals surface area contributed by atoms with E-state index in [-0.39, 0.29) is 16.7 Å².